The van der Waals surface area contributed by atoms with Crippen LogP contribution in [0.1, 0.15) is 56.1 Å². The number of hydrogen-bond donors (Lipinski definition) is 1. The maximum atomic E-state index is 12.5. The van der Waals surface area contributed by atoms with Crippen molar-refractivity contribution in [1.82, 2.24) is 9.80 Å². The van der Waals surface area contributed by atoms with Crippen LogP contribution in [-0.2, 0) is 9.59 Å². The van der Waals surface area contributed by atoms with Crippen molar-refractivity contribution in [3.8, 4) is 0 Å². The molecule has 5 heteroatoms. The average molecular weight is 368 g/mol. The van der Waals surface area contributed by atoms with E-state index >= 15 is 0 Å². The van der Waals surface area contributed by atoms with Crippen molar-refractivity contribution in [2.75, 3.05) is 19.7 Å². The predicted molar refractivity (Wildman–Crippen MR) is 104 cm³/mol. The van der Waals surface area contributed by atoms with Crippen molar-refractivity contribution in [1.29, 1.82) is 0 Å². The van der Waals surface area contributed by atoms with Crippen LogP contribution < -0.4 is 0 Å². The summed E-state index contributed by atoms with van der Waals surface area (Å²) in [5.74, 6) is 0.0573. The minimum Gasteiger partial charge on any atom is -0.394 e. The van der Waals surface area contributed by atoms with Gasteiger partial charge in [0, 0.05) is 18.9 Å². The summed E-state index contributed by atoms with van der Waals surface area (Å²) >= 11 is 0. The van der Waals surface area contributed by atoms with Crippen LogP contribution in [0.4, 0.5) is 0 Å². The Bertz CT molecular complexity index is 755. The van der Waals surface area contributed by atoms with Crippen molar-refractivity contribution < 1.29 is 14.7 Å². The highest BCUT2D eigenvalue weighted by atomic mass is 16.3. The molecule has 5 nitrogen and oxygen atoms in total. The number of nitrogens with zero attached hydrogens (tertiary/aromatic N) is 2. The molecule has 1 aliphatic carbocycles. The number of piperazine rings is 1. The predicted octanol–water partition coefficient (Wildman–Crippen LogP) is 2.55. The van der Waals surface area contributed by atoms with E-state index in [1.165, 1.54) is 24.0 Å². The van der Waals surface area contributed by atoms with E-state index in [1.807, 2.05) is 6.92 Å². The maximum absolute atomic E-state index is 12.5. The van der Waals surface area contributed by atoms with Gasteiger partial charge in [-0.25, -0.2) is 0 Å². The number of amides is 2. The monoisotopic (exact) mass is 368 g/mol. The maximum Gasteiger partial charge on any atom is 0.242 e. The lowest BCUT2D eigenvalue weighted by atomic mass is 9.73. The Morgan fingerprint density at radius 1 is 1.22 bits per heavy atom. The first kappa shape index (κ1) is 18.2. The van der Waals surface area contributed by atoms with Crippen LogP contribution >= 0.6 is 0 Å². The van der Waals surface area contributed by atoms with E-state index in [1.54, 1.807) is 9.80 Å². The van der Waals surface area contributed by atoms with Gasteiger partial charge in [-0.05, 0) is 42.4 Å². The lowest BCUT2D eigenvalue weighted by Crippen LogP contribution is -2.73. The largest absolute Gasteiger partial charge is 0.394 e. The molecule has 1 aromatic rings. The molecule has 2 saturated heterocycles. The summed E-state index contributed by atoms with van der Waals surface area (Å²) in [6, 6.07) is 8.41. The molecule has 0 aromatic heterocycles. The van der Waals surface area contributed by atoms with Crippen molar-refractivity contribution >= 4 is 17.4 Å². The lowest BCUT2D eigenvalue weighted by molar-refractivity contribution is -0.166. The smallest absolute Gasteiger partial charge is 0.242 e. The summed E-state index contributed by atoms with van der Waals surface area (Å²) in [7, 11) is 0. The third-order valence-electron chi connectivity index (χ3n) is 6.36. The highest BCUT2D eigenvalue weighted by Gasteiger charge is 2.54. The number of hydrogen-bond acceptors (Lipinski definition) is 3. The number of carbonyl (C=O) groups is 2. The van der Waals surface area contributed by atoms with Crippen molar-refractivity contribution in [3.63, 3.8) is 0 Å². The van der Waals surface area contributed by atoms with Gasteiger partial charge in [0.1, 0.15) is 0 Å². The second kappa shape index (κ2) is 7.47. The minimum absolute atomic E-state index is 0.0220. The van der Waals surface area contributed by atoms with Crippen molar-refractivity contribution in [2.24, 2.45) is 0 Å². The second-order valence-electron chi connectivity index (χ2n) is 7.87. The standard InChI is InChI=1S/C22H28N2O3/c1-2-20(26)23-12-18-22(19(14-25)24(18)21(27)13-23)17-10-8-16(9-11-17)15-6-4-3-5-7-15/h6,8-11,18-19,22,25H,2-5,7,12-14H2,1H3/t18-,19+,22+/m1/s1. The molecule has 4 rings (SSSR count). The van der Waals surface area contributed by atoms with Crippen LogP contribution in [0.25, 0.3) is 5.57 Å². The second-order valence-corrected chi connectivity index (χ2v) is 7.87. The van der Waals surface area contributed by atoms with Crippen LogP contribution in [0, 0.1) is 0 Å². The number of aliphatic hydroxyl groups is 1. The quantitative estimate of drug-likeness (QED) is 0.888. The van der Waals surface area contributed by atoms with Crippen LogP contribution in [0.2, 0.25) is 0 Å². The highest BCUT2D eigenvalue weighted by Crippen LogP contribution is 2.43. The molecule has 144 valence electrons. The van der Waals surface area contributed by atoms with E-state index in [0.29, 0.717) is 13.0 Å². The van der Waals surface area contributed by atoms with Crippen LogP contribution in [0.5, 0.6) is 0 Å². The molecule has 3 aliphatic rings. The van der Waals surface area contributed by atoms with Crippen molar-refractivity contribution in [2.45, 2.75) is 57.0 Å². The van der Waals surface area contributed by atoms with Gasteiger partial charge in [0.25, 0.3) is 0 Å². The van der Waals surface area contributed by atoms with E-state index in [-0.39, 0.29) is 43.0 Å². The minimum atomic E-state index is -0.180. The fraction of sp³-hybridized carbons (Fsp3) is 0.545. The molecule has 2 aliphatic heterocycles. The molecule has 27 heavy (non-hydrogen) atoms. The van der Waals surface area contributed by atoms with Gasteiger partial charge in [-0.3, -0.25) is 9.59 Å². The summed E-state index contributed by atoms with van der Waals surface area (Å²) in [4.78, 5) is 28.1. The summed E-state index contributed by atoms with van der Waals surface area (Å²) in [5.41, 5.74) is 3.85. The summed E-state index contributed by atoms with van der Waals surface area (Å²) < 4.78 is 0. The number of rotatable bonds is 4. The van der Waals surface area contributed by atoms with Gasteiger partial charge in [-0.15, -0.1) is 0 Å². The van der Waals surface area contributed by atoms with Gasteiger partial charge in [0.05, 0.1) is 25.2 Å². The highest BCUT2D eigenvalue weighted by molar-refractivity contribution is 5.87. The Hall–Kier alpha value is -2.14. The summed E-state index contributed by atoms with van der Waals surface area (Å²) in [5, 5.41) is 9.87. The first-order valence-electron chi connectivity index (χ1n) is 10.1. The molecule has 0 radical (unpaired) electrons. The molecule has 1 aromatic carbocycles. The first-order chi connectivity index (χ1) is 13.1. The molecule has 2 fully saturated rings. The Morgan fingerprint density at radius 3 is 2.63 bits per heavy atom. The number of fused-ring (bicyclic) bond motifs is 1. The normalized spacial score (nSPS) is 27.7. The Kier molecular flexibility index (Phi) is 5.04. The SMILES string of the molecule is CCC(=O)N1CC(=O)N2[C@H](C1)[C@H](c1ccc(C3=CCCCC3)cc1)[C@@H]2CO. The fourth-order valence-corrected chi connectivity index (χ4v) is 4.93. The zero-order chi connectivity index (χ0) is 19.0. The first-order valence-corrected chi connectivity index (χ1v) is 10.1. The molecule has 2 heterocycles. The van der Waals surface area contributed by atoms with Gasteiger partial charge < -0.3 is 14.9 Å². The zero-order valence-electron chi connectivity index (χ0n) is 15.9. The van der Waals surface area contributed by atoms with Crippen LogP contribution in [0.15, 0.2) is 30.3 Å². The van der Waals surface area contributed by atoms with Gasteiger partial charge >= 0.3 is 0 Å². The van der Waals surface area contributed by atoms with Crippen LogP contribution in [-0.4, -0.2) is 58.5 Å². The zero-order valence-corrected chi connectivity index (χ0v) is 15.9. The molecule has 3 atom stereocenters. The number of allylic oxidation sites excluding steroid dienone is 2. The van der Waals surface area contributed by atoms with E-state index in [9.17, 15) is 14.7 Å². The third kappa shape index (κ3) is 3.18. The van der Waals surface area contributed by atoms with Crippen LogP contribution in [0.3, 0.4) is 0 Å². The van der Waals surface area contributed by atoms with E-state index in [2.05, 4.69) is 30.3 Å². The Morgan fingerprint density at radius 2 is 2.00 bits per heavy atom. The molecular formula is C22H28N2O3. The number of aliphatic hydroxyl groups excluding tert-OH is 1. The van der Waals surface area contributed by atoms with E-state index in [4.69, 9.17) is 0 Å². The topological polar surface area (TPSA) is 60.9 Å². The Labute approximate surface area is 160 Å². The van der Waals surface area contributed by atoms with Crippen molar-refractivity contribution in [3.05, 3.63) is 41.5 Å². The lowest BCUT2D eigenvalue weighted by Gasteiger charge is -2.58. The van der Waals surface area contributed by atoms with Gasteiger partial charge in [0.2, 0.25) is 11.8 Å². The van der Waals surface area contributed by atoms with Gasteiger partial charge in [-0.1, -0.05) is 37.3 Å². The third-order valence-corrected chi connectivity index (χ3v) is 6.36. The summed E-state index contributed by atoms with van der Waals surface area (Å²) in [6.45, 7) is 2.49. The molecule has 0 saturated carbocycles. The van der Waals surface area contributed by atoms with E-state index in [0.717, 1.165) is 18.4 Å². The molecule has 0 unspecified atom stereocenters. The number of carbonyl (C=O) groups excluding carboxylic acids is 2. The fourth-order valence-electron chi connectivity index (χ4n) is 4.93. The molecule has 0 spiro atoms. The van der Waals surface area contributed by atoms with Gasteiger partial charge in [0.15, 0.2) is 0 Å². The molecular weight excluding hydrogens is 340 g/mol. The molecule has 0 bridgehead atoms. The Balaban J connectivity index is 1.55. The molecule has 2 amide bonds. The number of benzene rings is 1. The summed E-state index contributed by atoms with van der Waals surface area (Å²) in [6.07, 6.45) is 7.59. The van der Waals surface area contributed by atoms with Gasteiger partial charge in [-0.2, -0.15) is 0 Å². The van der Waals surface area contributed by atoms with E-state index < -0.39 is 0 Å². The molecule has 1 N–H and O–H groups in total. The average Bonchev–Trinajstić information content (AvgIpc) is 2.70.